The summed E-state index contributed by atoms with van der Waals surface area (Å²) < 4.78 is 32.2. The Labute approximate surface area is 113 Å². The van der Waals surface area contributed by atoms with E-state index in [4.69, 9.17) is 9.88 Å². The first-order chi connectivity index (χ1) is 8.90. The summed E-state index contributed by atoms with van der Waals surface area (Å²) in [7, 11) is -3.83. The van der Waals surface area contributed by atoms with Gasteiger partial charge in [-0.05, 0) is 19.1 Å². The average molecular weight is 302 g/mol. The summed E-state index contributed by atoms with van der Waals surface area (Å²) in [5.41, 5.74) is 0.463. The minimum absolute atomic E-state index is 0.184. The maximum atomic E-state index is 11.2. The lowest BCUT2D eigenvalue weighted by Gasteiger charge is -2.02. The number of primary sulfonamides is 1. The molecule has 1 aromatic carbocycles. The Balaban J connectivity index is 2.33. The van der Waals surface area contributed by atoms with Gasteiger partial charge in [-0.3, -0.25) is 0 Å². The smallest absolute Gasteiger partial charge is 0.434 e. The number of nitrogens with two attached hydrogens (primary N) is 1. The molecule has 2 rings (SSSR count). The van der Waals surface area contributed by atoms with Crippen molar-refractivity contribution < 1.29 is 22.7 Å². The first-order valence-electron chi connectivity index (χ1n) is 5.18. The van der Waals surface area contributed by atoms with Gasteiger partial charge in [0.2, 0.25) is 4.34 Å². The highest BCUT2D eigenvalue weighted by atomic mass is 32.2. The quantitative estimate of drug-likeness (QED) is 0.679. The van der Waals surface area contributed by atoms with Gasteiger partial charge in [0, 0.05) is 6.07 Å². The normalized spacial score (nSPS) is 11.5. The monoisotopic (exact) mass is 302 g/mol. The van der Waals surface area contributed by atoms with Crippen molar-refractivity contribution in [1.82, 2.24) is 4.98 Å². The molecule has 7 nitrogen and oxygen atoms in total. The maximum Gasteiger partial charge on any atom is 0.513 e. The zero-order valence-corrected chi connectivity index (χ0v) is 11.5. The minimum Gasteiger partial charge on any atom is -0.434 e. The van der Waals surface area contributed by atoms with Crippen LogP contribution in [0.3, 0.4) is 0 Å². The third-order valence-electron chi connectivity index (χ3n) is 2.05. The summed E-state index contributed by atoms with van der Waals surface area (Å²) in [5, 5.41) is 4.99. The third-order valence-corrected chi connectivity index (χ3v) is 4.38. The fourth-order valence-corrected chi connectivity index (χ4v) is 3.00. The van der Waals surface area contributed by atoms with Crippen LogP contribution in [0.2, 0.25) is 0 Å². The lowest BCUT2D eigenvalue weighted by Crippen LogP contribution is -2.11. The summed E-state index contributed by atoms with van der Waals surface area (Å²) in [6, 6.07) is 4.53. The van der Waals surface area contributed by atoms with Crippen molar-refractivity contribution >= 4 is 37.7 Å². The van der Waals surface area contributed by atoms with Crippen molar-refractivity contribution in [3.8, 4) is 5.75 Å². The van der Waals surface area contributed by atoms with Crippen LogP contribution in [0.4, 0.5) is 4.79 Å². The lowest BCUT2D eigenvalue weighted by molar-refractivity contribution is 0.104. The van der Waals surface area contributed by atoms with Crippen LogP contribution in [-0.2, 0) is 14.8 Å². The Morgan fingerprint density at radius 1 is 1.47 bits per heavy atom. The Morgan fingerprint density at radius 2 is 2.21 bits per heavy atom. The number of sulfonamides is 1. The van der Waals surface area contributed by atoms with Crippen molar-refractivity contribution in [2.45, 2.75) is 11.3 Å². The molecule has 0 atom stereocenters. The zero-order valence-electron chi connectivity index (χ0n) is 9.82. The predicted molar refractivity (Wildman–Crippen MR) is 68.6 cm³/mol. The van der Waals surface area contributed by atoms with E-state index >= 15 is 0 Å². The van der Waals surface area contributed by atoms with Crippen LogP contribution in [0, 0.1) is 0 Å². The molecule has 0 spiro atoms. The molecular weight excluding hydrogens is 292 g/mol. The molecule has 0 fully saturated rings. The molecule has 0 aliphatic heterocycles. The van der Waals surface area contributed by atoms with Gasteiger partial charge in [-0.2, -0.15) is 0 Å². The van der Waals surface area contributed by atoms with Crippen molar-refractivity contribution in [1.29, 1.82) is 0 Å². The SMILES string of the molecule is CCOC(=O)Oc1ccc2nc(S(N)(=O)=O)sc2c1. The van der Waals surface area contributed by atoms with E-state index in [-0.39, 0.29) is 16.7 Å². The van der Waals surface area contributed by atoms with Crippen molar-refractivity contribution in [2.75, 3.05) is 6.61 Å². The van der Waals surface area contributed by atoms with Gasteiger partial charge in [-0.15, -0.1) is 11.3 Å². The Kier molecular flexibility index (Phi) is 3.69. The molecule has 0 amide bonds. The Hall–Kier alpha value is -1.71. The molecule has 9 heteroatoms. The number of hydrogen-bond acceptors (Lipinski definition) is 7. The number of rotatable bonds is 3. The standard InChI is InChI=1S/C10H10N2O5S2/c1-2-16-10(13)17-6-3-4-7-8(5-6)18-9(12-7)19(11,14)15/h3-5H,2H2,1H3,(H2,11,14,15). The minimum atomic E-state index is -3.83. The molecule has 0 unspecified atom stereocenters. The van der Waals surface area contributed by atoms with Gasteiger partial charge < -0.3 is 9.47 Å². The molecule has 0 bridgehead atoms. The molecule has 2 N–H and O–H groups in total. The Morgan fingerprint density at radius 3 is 2.84 bits per heavy atom. The molecule has 0 saturated carbocycles. The van der Waals surface area contributed by atoms with E-state index in [1.54, 1.807) is 6.92 Å². The van der Waals surface area contributed by atoms with Crippen LogP contribution in [0.25, 0.3) is 10.2 Å². The van der Waals surface area contributed by atoms with Gasteiger partial charge >= 0.3 is 6.16 Å². The Bertz CT molecular complexity index is 723. The third kappa shape index (κ3) is 3.19. The highest BCUT2D eigenvalue weighted by molar-refractivity contribution is 7.91. The molecule has 0 saturated heterocycles. The number of carbonyl (C=O) groups is 1. The van der Waals surface area contributed by atoms with Crippen LogP contribution >= 0.6 is 11.3 Å². The van der Waals surface area contributed by atoms with E-state index in [2.05, 4.69) is 9.72 Å². The molecule has 2 aromatic rings. The first-order valence-corrected chi connectivity index (χ1v) is 7.54. The van der Waals surface area contributed by atoms with Gasteiger partial charge in [-0.1, -0.05) is 0 Å². The molecule has 102 valence electrons. The number of carbonyl (C=O) groups excluding carboxylic acids is 1. The first kappa shape index (κ1) is 13.7. The molecule has 19 heavy (non-hydrogen) atoms. The summed E-state index contributed by atoms with van der Waals surface area (Å²) in [5.74, 6) is 0.246. The van der Waals surface area contributed by atoms with Crippen molar-refractivity contribution in [3.05, 3.63) is 18.2 Å². The van der Waals surface area contributed by atoms with Gasteiger partial charge in [0.05, 0.1) is 16.8 Å². The summed E-state index contributed by atoms with van der Waals surface area (Å²) in [4.78, 5) is 15.0. The average Bonchev–Trinajstić information content (AvgIpc) is 2.71. The van der Waals surface area contributed by atoms with E-state index in [0.29, 0.717) is 10.2 Å². The largest absolute Gasteiger partial charge is 0.513 e. The van der Waals surface area contributed by atoms with E-state index in [1.165, 1.54) is 18.2 Å². The highest BCUT2D eigenvalue weighted by Crippen LogP contribution is 2.28. The van der Waals surface area contributed by atoms with Crippen LogP contribution in [0.1, 0.15) is 6.92 Å². The van der Waals surface area contributed by atoms with Crippen LogP contribution in [0.15, 0.2) is 22.5 Å². The number of fused-ring (bicyclic) bond motifs is 1. The molecule has 1 aromatic heterocycles. The second-order valence-corrected chi connectivity index (χ2v) is 6.21. The van der Waals surface area contributed by atoms with E-state index < -0.39 is 16.2 Å². The maximum absolute atomic E-state index is 11.2. The molecule has 0 aliphatic rings. The summed E-state index contributed by atoms with van der Waals surface area (Å²) in [6.45, 7) is 1.86. The second-order valence-electron chi connectivity index (χ2n) is 3.44. The van der Waals surface area contributed by atoms with Gasteiger partial charge in [0.15, 0.2) is 0 Å². The number of benzene rings is 1. The fourth-order valence-electron chi connectivity index (χ4n) is 1.31. The topological polar surface area (TPSA) is 109 Å². The van der Waals surface area contributed by atoms with Gasteiger partial charge in [0.25, 0.3) is 10.0 Å². The number of nitrogens with zero attached hydrogens (tertiary/aromatic N) is 1. The van der Waals surface area contributed by atoms with E-state index in [0.717, 1.165) is 11.3 Å². The number of hydrogen-bond donors (Lipinski definition) is 1. The molecular formula is C10H10N2O5S2. The molecule has 0 aliphatic carbocycles. The number of ether oxygens (including phenoxy) is 2. The van der Waals surface area contributed by atoms with Gasteiger partial charge in [0.1, 0.15) is 5.75 Å². The van der Waals surface area contributed by atoms with Crippen LogP contribution < -0.4 is 9.88 Å². The highest BCUT2D eigenvalue weighted by Gasteiger charge is 2.15. The second kappa shape index (κ2) is 5.11. The van der Waals surface area contributed by atoms with E-state index in [1.807, 2.05) is 0 Å². The fraction of sp³-hybridized carbons (Fsp3) is 0.200. The van der Waals surface area contributed by atoms with E-state index in [9.17, 15) is 13.2 Å². The zero-order chi connectivity index (χ0) is 14.0. The number of aromatic nitrogens is 1. The summed E-state index contributed by atoms with van der Waals surface area (Å²) >= 11 is 0.903. The summed E-state index contributed by atoms with van der Waals surface area (Å²) in [6.07, 6.45) is -0.821. The molecule has 1 heterocycles. The van der Waals surface area contributed by atoms with Crippen LogP contribution in [-0.4, -0.2) is 26.2 Å². The van der Waals surface area contributed by atoms with Gasteiger partial charge in [-0.25, -0.2) is 23.3 Å². The lowest BCUT2D eigenvalue weighted by atomic mass is 10.3. The van der Waals surface area contributed by atoms with Crippen molar-refractivity contribution in [2.24, 2.45) is 5.14 Å². The predicted octanol–water partition coefficient (Wildman–Crippen LogP) is 1.48. The van der Waals surface area contributed by atoms with Crippen molar-refractivity contribution in [3.63, 3.8) is 0 Å². The molecule has 0 radical (unpaired) electrons. The number of thiazole rings is 1. The van der Waals surface area contributed by atoms with Crippen LogP contribution in [0.5, 0.6) is 5.75 Å².